The fourth-order valence-corrected chi connectivity index (χ4v) is 1.50. The van der Waals surface area contributed by atoms with Crippen LogP contribution in [0.4, 0.5) is 0 Å². The van der Waals surface area contributed by atoms with Crippen LogP contribution in [0.15, 0.2) is 29.4 Å². The zero-order valence-electron chi connectivity index (χ0n) is 11.0. The van der Waals surface area contributed by atoms with E-state index < -0.39 is 0 Å². The smallest absolute Gasteiger partial charge is 0.170 e. The van der Waals surface area contributed by atoms with Gasteiger partial charge in [0.2, 0.25) is 0 Å². The molecule has 0 saturated heterocycles. The molecule has 1 atom stereocenters. The summed E-state index contributed by atoms with van der Waals surface area (Å²) in [7, 11) is 4.00. The van der Waals surface area contributed by atoms with Crippen molar-refractivity contribution >= 4 is 11.5 Å². The van der Waals surface area contributed by atoms with Gasteiger partial charge in [0.1, 0.15) is 0 Å². The van der Waals surface area contributed by atoms with Crippen LogP contribution in [0.2, 0.25) is 0 Å². The third-order valence-corrected chi connectivity index (χ3v) is 3.02. The summed E-state index contributed by atoms with van der Waals surface area (Å²) in [5, 5.41) is 19.5. The second kappa shape index (κ2) is 6.16. The van der Waals surface area contributed by atoms with Gasteiger partial charge in [0.15, 0.2) is 5.84 Å². The zero-order chi connectivity index (χ0) is 13.7. The molecule has 0 aromatic heterocycles. The van der Waals surface area contributed by atoms with Gasteiger partial charge >= 0.3 is 0 Å². The van der Waals surface area contributed by atoms with Crippen LogP contribution in [0.3, 0.4) is 0 Å². The summed E-state index contributed by atoms with van der Waals surface area (Å²) in [6, 6.07) is 7.45. The van der Waals surface area contributed by atoms with Gasteiger partial charge in [-0.3, -0.25) is 0 Å². The van der Waals surface area contributed by atoms with Gasteiger partial charge in [0.05, 0.1) is 0 Å². The van der Waals surface area contributed by atoms with E-state index in [4.69, 9.17) is 16.4 Å². The Kier molecular flexibility index (Phi) is 4.85. The van der Waals surface area contributed by atoms with E-state index in [1.807, 2.05) is 26.2 Å². The summed E-state index contributed by atoms with van der Waals surface area (Å²) in [6.45, 7) is 2.08. The van der Waals surface area contributed by atoms with Crippen LogP contribution in [-0.2, 0) is 0 Å². The Morgan fingerprint density at radius 2 is 1.83 bits per heavy atom. The summed E-state index contributed by atoms with van der Waals surface area (Å²) in [6.07, 6.45) is 0.690. The molecule has 0 saturated carbocycles. The fourth-order valence-electron chi connectivity index (χ4n) is 1.50. The third kappa shape index (κ3) is 3.56. The molecular weight excluding hydrogens is 228 g/mol. The molecule has 18 heavy (non-hydrogen) atoms. The van der Waals surface area contributed by atoms with Gasteiger partial charge in [-0.05, 0) is 26.6 Å². The topological polar surface area (TPSA) is 85.7 Å². The van der Waals surface area contributed by atoms with Crippen LogP contribution in [0.5, 0.6) is 0 Å². The van der Waals surface area contributed by atoms with E-state index in [1.165, 1.54) is 0 Å². The largest absolute Gasteiger partial charge is 0.409 e. The normalized spacial score (nSPS) is 13.7. The number of rotatable bonds is 5. The average Bonchev–Trinajstić information content (AvgIpc) is 2.37. The number of hydrogen-bond donors (Lipinski definition) is 3. The van der Waals surface area contributed by atoms with Gasteiger partial charge in [-0.15, -0.1) is 0 Å². The van der Waals surface area contributed by atoms with Crippen molar-refractivity contribution in [1.29, 1.82) is 5.41 Å². The number of nitrogens with zero attached hydrogens (tertiary/aromatic N) is 2. The van der Waals surface area contributed by atoms with Crippen molar-refractivity contribution in [2.75, 3.05) is 14.1 Å². The first-order valence-electron chi connectivity index (χ1n) is 5.78. The Morgan fingerprint density at radius 1 is 1.33 bits per heavy atom. The lowest BCUT2D eigenvalue weighted by molar-refractivity contribution is 0.318. The standard InChI is InChI=1S/C13H20N4O/c1-9(17(2)3)8-12(14)10-4-6-11(7-5-10)13(15)16-18/h4-7,9,14,18H,8H2,1-3H3,(H2,15,16). The molecule has 0 amide bonds. The number of benzene rings is 1. The van der Waals surface area contributed by atoms with Crippen LogP contribution in [0.25, 0.3) is 0 Å². The van der Waals surface area contributed by atoms with Crippen molar-refractivity contribution in [3.05, 3.63) is 35.4 Å². The molecule has 0 aliphatic heterocycles. The van der Waals surface area contributed by atoms with E-state index in [-0.39, 0.29) is 5.84 Å². The van der Waals surface area contributed by atoms with Crippen LogP contribution in [0.1, 0.15) is 24.5 Å². The summed E-state index contributed by atoms with van der Waals surface area (Å²) >= 11 is 0. The highest BCUT2D eigenvalue weighted by atomic mass is 16.4. The summed E-state index contributed by atoms with van der Waals surface area (Å²) in [5.74, 6) is 0.0785. The van der Waals surface area contributed by atoms with Crippen molar-refractivity contribution in [1.82, 2.24) is 4.90 Å². The quantitative estimate of drug-likeness (QED) is 0.319. The lowest BCUT2D eigenvalue weighted by Crippen LogP contribution is -2.27. The van der Waals surface area contributed by atoms with E-state index in [1.54, 1.807) is 12.1 Å². The number of hydrogen-bond acceptors (Lipinski definition) is 4. The number of oxime groups is 1. The molecule has 98 valence electrons. The summed E-state index contributed by atoms with van der Waals surface area (Å²) in [5.41, 5.74) is 7.57. The van der Waals surface area contributed by atoms with E-state index in [0.717, 1.165) is 5.56 Å². The molecular formula is C13H20N4O. The second-order valence-corrected chi connectivity index (χ2v) is 4.56. The van der Waals surface area contributed by atoms with Crippen LogP contribution >= 0.6 is 0 Å². The maximum Gasteiger partial charge on any atom is 0.170 e. The first kappa shape index (κ1) is 14.2. The van der Waals surface area contributed by atoms with Gasteiger partial charge in [-0.25, -0.2) is 0 Å². The maximum absolute atomic E-state index is 8.56. The number of amidine groups is 1. The van der Waals surface area contributed by atoms with Crippen LogP contribution < -0.4 is 5.73 Å². The number of nitrogens with one attached hydrogen (secondary N) is 1. The van der Waals surface area contributed by atoms with E-state index in [0.29, 0.717) is 23.7 Å². The molecule has 1 aromatic rings. The predicted molar refractivity (Wildman–Crippen MR) is 73.5 cm³/mol. The first-order chi connectivity index (χ1) is 8.45. The maximum atomic E-state index is 8.56. The van der Waals surface area contributed by atoms with E-state index >= 15 is 0 Å². The van der Waals surface area contributed by atoms with Crippen molar-refractivity contribution in [2.24, 2.45) is 10.9 Å². The highest BCUT2D eigenvalue weighted by Crippen LogP contribution is 2.10. The minimum atomic E-state index is 0.0785. The SMILES string of the molecule is CC(CC(=N)c1ccc(C(N)=NO)cc1)N(C)C. The Hall–Kier alpha value is -1.88. The van der Waals surface area contributed by atoms with Crippen molar-refractivity contribution in [2.45, 2.75) is 19.4 Å². The molecule has 1 rings (SSSR count). The van der Waals surface area contributed by atoms with Gasteiger partial charge in [0.25, 0.3) is 0 Å². The van der Waals surface area contributed by atoms with Gasteiger partial charge in [0, 0.05) is 23.7 Å². The minimum absolute atomic E-state index is 0.0785. The molecule has 1 unspecified atom stereocenters. The molecule has 5 heteroatoms. The Bertz CT molecular complexity index is 437. The molecule has 0 heterocycles. The van der Waals surface area contributed by atoms with Gasteiger partial charge < -0.3 is 21.3 Å². The van der Waals surface area contributed by atoms with Crippen molar-refractivity contribution in [3.63, 3.8) is 0 Å². The van der Waals surface area contributed by atoms with Crippen LogP contribution in [-0.4, -0.2) is 41.8 Å². The highest BCUT2D eigenvalue weighted by Gasteiger charge is 2.10. The fraction of sp³-hybridized carbons (Fsp3) is 0.385. The first-order valence-corrected chi connectivity index (χ1v) is 5.78. The number of nitrogens with two attached hydrogens (primary N) is 1. The molecule has 1 aromatic carbocycles. The zero-order valence-corrected chi connectivity index (χ0v) is 11.0. The summed E-state index contributed by atoms with van der Waals surface area (Å²) in [4.78, 5) is 2.08. The van der Waals surface area contributed by atoms with Crippen molar-refractivity contribution < 1.29 is 5.21 Å². The molecule has 0 aliphatic rings. The molecule has 4 N–H and O–H groups in total. The lowest BCUT2D eigenvalue weighted by atomic mass is 10.0. The Morgan fingerprint density at radius 3 is 2.28 bits per heavy atom. The van der Waals surface area contributed by atoms with E-state index in [9.17, 15) is 0 Å². The highest BCUT2D eigenvalue weighted by molar-refractivity contribution is 6.01. The van der Waals surface area contributed by atoms with E-state index in [2.05, 4.69) is 17.0 Å². The third-order valence-electron chi connectivity index (χ3n) is 3.02. The van der Waals surface area contributed by atoms with Crippen LogP contribution in [0, 0.1) is 5.41 Å². The monoisotopic (exact) mass is 248 g/mol. The van der Waals surface area contributed by atoms with Gasteiger partial charge in [-0.1, -0.05) is 29.4 Å². The lowest BCUT2D eigenvalue weighted by Gasteiger charge is -2.20. The molecule has 0 fully saturated rings. The molecule has 0 bridgehead atoms. The molecule has 5 nitrogen and oxygen atoms in total. The molecule has 0 spiro atoms. The van der Waals surface area contributed by atoms with Gasteiger partial charge in [-0.2, -0.15) is 0 Å². The average molecular weight is 248 g/mol. The predicted octanol–water partition coefficient (Wildman–Crippen LogP) is 1.49. The second-order valence-electron chi connectivity index (χ2n) is 4.56. The minimum Gasteiger partial charge on any atom is -0.409 e. The van der Waals surface area contributed by atoms with Crippen molar-refractivity contribution in [3.8, 4) is 0 Å². The molecule has 0 aliphatic carbocycles. The Balaban J connectivity index is 2.76. The summed E-state index contributed by atoms with van der Waals surface area (Å²) < 4.78 is 0. The Labute approximate surface area is 107 Å². The molecule has 0 radical (unpaired) electrons.